The van der Waals surface area contributed by atoms with E-state index >= 15 is 0 Å². The number of piperidine rings is 1. The number of carbonyl (C=O) groups is 1. The summed E-state index contributed by atoms with van der Waals surface area (Å²) in [4.78, 5) is 42.9. The van der Waals surface area contributed by atoms with E-state index in [0.29, 0.717) is 39.5 Å². The Morgan fingerprint density at radius 2 is 2.15 bits per heavy atom. The number of carbonyl (C=O) groups excluding carboxylic acids is 1. The van der Waals surface area contributed by atoms with Crippen molar-refractivity contribution in [2.45, 2.75) is 57.5 Å². The SMILES string of the molecule is CC1CCCCN1CCCNC(=O)c1ccc(-c2cc(=NC3CC3)n3nc/c(=C\c4[nH]c(=O)[nH]c4O)c3n2)s1. The van der Waals surface area contributed by atoms with Crippen LogP contribution in [0.3, 0.4) is 0 Å². The minimum Gasteiger partial charge on any atom is -0.493 e. The molecule has 1 saturated carbocycles. The zero-order chi connectivity index (χ0) is 26.9. The summed E-state index contributed by atoms with van der Waals surface area (Å²) < 4.78 is 1.67. The minimum absolute atomic E-state index is 0.0767. The van der Waals surface area contributed by atoms with Crippen LogP contribution in [0.5, 0.6) is 5.88 Å². The third-order valence-electron chi connectivity index (χ3n) is 7.31. The lowest BCUT2D eigenvalue weighted by Crippen LogP contribution is -2.39. The molecule has 4 N–H and O–H groups in total. The number of nitrogens with one attached hydrogen (secondary N) is 3. The van der Waals surface area contributed by atoms with Crippen molar-refractivity contribution in [2.24, 2.45) is 4.99 Å². The summed E-state index contributed by atoms with van der Waals surface area (Å²) in [5.74, 6) is -0.329. The van der Waals surface area contributed by atoms with E-state index in [-0.39, 0.29) is 23.5 Å². The molecular weight excluding hydrogens is 516 g/mol. The number of amides is 1. The molecule has 0 radical (unpaired) electrons. The number of H-pyrrole nitrogens is 2. The van der Waals surface area contributed by atoms with Crippen molar-refractivity contribution in [1.29, 1.82) is 0 Å². The Morgan fingerprint density at radius 1 is 1.28 bits per heavy atom. The van der Waals surface area contributed by atoms with Gasteiger partial charge in [-0.05, 0) is 63.8 Å². The van der Waals surface area contributed by atoms with Crippen LogP contribution in [0, 0.1) is 0 Å². The largest absolute Gasteiger partial charge is 0.493 e. The van der Waals surface area contributed by atoms with Crippen LogP contribution in [0.15, 0.2) is 34.2 Å². The zero-order valence-electron chi connectivity index (χ0n) is 21.8. The maximum Gasteiger partial charge on any atom is 0.326 e. The molecule has 1 unspecified atom stereocenters. The molecule has 0 bridgehead atoms. The summed E-state index contributed by atoms with van der Waals surface area (Å²) in [5, 5.41) is 18.1. The van der Waals surface area contributed by atoms with Crippen molar-refractivity contribution in [3.8, 4) is 16.5 Å². The van der Waals surface area contributed by atoms with Gasteiger partial charge in [0.15, 0.2) is 11.1 Å². The minimum atomic E-state index is -0.501. The number of nitrogens with zero attached hydrogens (tertiary/aromatic N) is 5. The number of rotatable bonds is 8. The van der Waals surface area contributed by atoms with E-state index in [1.807, 2.05) is 18.2 Å². The highest BCUT2D eigenvalue weighted by Crippen LogP contribution is 2.27. The molecule has 11 nitrogen and oxygen atoms in total. The Labute approximate surface area is 228 Å². The van der Waals surface area contributed by atoms with E-state index in [1.54, 1.807) is 16.8 Å². The molecule has 1 aliphatic carbocycles. The molecule has 39 heavy (non-hydrogen) atoms. The molecule has 204 valence electrons. The fourth-order valence-electron chi connectivity index (χ4n) is 4.98. The second kappa shape index (κ2) is 10.8. The van der Waals surface area contributed by atoms with E-state index < -0.39 is 5.69 Å². The predicted octanol–water partition coefficient (Wildman–Crippen LogP) is 1.78. The summed E-state index contributed by atoms with van der Waals surface area (Å²) in [6.07, 6.45) is 10.1. The zero-order valence-corrected chi connectivity index (χ0v) is 22.6. The van der Waals surface area contributed by atoms with E-state index in [4.69, 9.17) is 9.98 Å². The molecule has 2 fully saturated rings. The lowest BCUT2D eigenvalue weighted by molar-refractivity contribution is 0.0953. The number of imidazole rings is 1. The van der Waals surface area contributed by atoms with Crippen molar-refractivity contribution < 1.29 is 9.90 Å². The van der Waals surface area contributed by atoms with Crippen LogP contribution < -0.4 is 21.7 Å². The maximum atomic E-state index is 12.9. The van der Waals surface area contributed by atoms with Crippen molar-refractivity contribution in [3.63, 3.8) is 0 Å². The Kier molecular flexibility index (Phi) is 7.05. The smallest absolute Gasteiger partial charge is 0.326 e. The van der Waals surface area contributed by atoms with Crippen LogP contribution in [-0.4, -0.2) is 72.2 Å². The monoisotopic (exact) mass is 548 g/mol. The maximum absolute atomic E-state index is 12.9. The van der Waals surface area contributed by atoms with Gasteiger partial charge in [0, 0.05) is 30.4 Å². The van der Waals surface area contributed by atoms with Gasteiger partial charge in [-0.2, -0.15) is 9.61 Å². The molecule has 0 spiro atoms. The van der Waals surface area contributed by atoms with Gasteiger partial charge in [-0.15, -0.1) is 11.3 Å². The van der Waals surface area contributed by atoms with E-state index in [1.165, 1.54) is 30.6 Å². The highest BCUT2D eigenvalue weighted by Gasteiger charge is 2.21. The average Bonchev–Trinajstić information content (AvgIpc) is 3.29. The van der Waals surface area contributed by atoms with Gasteiger partial charge in [0.1, 0.15) is 5.69 Å². The lowest BCUT2D eigenvalue weighted by atomic mass is 10.0. The second-order valence-electron chi connectivity index (χ2n) is 10.3. The van der Waals surface area contributed by atoms with Gasteiger partial charge in [-0.1, -0.05) is 6.42 Å². The highest BCUT2D eigenvalue weighted by molar-refractivity contribution is 7.17. The van der Waals surface area contributed by atoms with Crippen LogP contribution in [0.4, 0.5) is 0 Å². The Balaban J connectivity index is 1.23. The first-order chi connectivity index (χ1) is 18.9. The summed E-state index contributed by atoms with van der Waals surface area (Å²) in [7, 11) is 0. The molecule has 4 aromatic heterocycles. The first kappa shape index (κ1) is 25.5. The van der Waals surface area contributed by atoms with Gasteiger partial charge in [-0.25, -0.2) is 9.78 Å². The number of likely N-dealkylation sites (tertiary alicyclic amines) is 1. The predicted molar refractivity (Wildman–Crippen MR) is 149 cm³/mol. The Hall–Kier alpha value is -3.77. The van der Waals surface area contributed by atoms with Gasteiger partial charge in [0.05, 0.1) is 27.7 Å². The standard InChI is InChI=1S/C27H32N8O3S/c1-16-5-2-3-11-34(16)12-4-10-28-26(37)22-9-8-21(39-22)19-14-23(30-18-6-7-18)35-24(31-19)17(15-29-35)13-20-25(36)33-27(38)32-20/h8-9,13-16,18,36H,2-7,10-12H2,1H3,(H,28,37)(H2,32,33,38)/b17-13+,30-23?. The van der Waals surface area contributed by atoms with Crippen LogP contribution in [-0.2, 0) is 0 Å². The van der Waals surface area contributed by atoms with E-state index in [9.17, 15) is 14.7 Å². The summed E-state index contributed by atoms with van der Waals surface area (Å²) >= 11 is 1.39. The van der Waals surface area contributed by atoms with Crippen LogP contribution >= 0.6 is 11.3 Å². The van der Waals surface area contributed by atoms with E-state index in [0.717, 1.165) is 37.2 Å². The van der Waals surface area contributed by atoms with Gasteiger partial charge in [0.25, 0.3) is 5.91 Å². The number of fused-ring (bicyclic) bond motifs is 1. The molecule has 6 rings (SSSR count). The van der Waals surface area contributed by atoms with Crippen molar-refractivity contribution >= 4 is 29.0 Å². The summed E-state index contributed by atoms with van der Waals surface area (Å²) in [6, 6.07) is 6.52. The van der Waals surface area contributed by atoms with Crippen molar-refractivity contribution in [1.82, 2.24) is 34.8 Å². The number of hydrogen-bond donors (Lipinski definition) is 4. The number of aromatic nitrogens is 5. The van der Waals surface area contributed by atoms with Crippen LogP contribution in [0.25, 0.3) is 22.3 Å². The molecule has 1 amide bonds. The summed E-state index contributed by atoms with van der Waals surface area (Å²) in [5.41, 5.74) is 1.65. The number of aromatic hydroxyl groups is 1. The van der Waals surface area contributed by atoms with Crippen LogP contribution in [0.1, 0.15) is 60.8 Å². The fraction of sp³-hybridized carbons (Fsp3) is 0.444. The normalized spacial score (nSPS) is 19.3. The van der Waals surface area contributed by atoms with Gasteiger partial charge >= 0.3 is 5.69 Å². The average molecular weight is 549 g/mol. The molecule has 12 heteroatoms. The van der Waals surface area contributed by atoms with Gasteiger partial charge < -0.3 is 20.3 Å². The third kappa shape index (κ3) is 5.66. The van der Waals surface area contributed by atoms with Crippen molar-refractivity contribution in [3.05, 3.63) is 56.2 Å². The van der Waals surface area contributed by atoms with Crippen LogP contribution in [0.2, 0.25) is 0 Å². The van der Waals surface area contributed by atoms with Gasteiger partial charge in [0.2, 0.25) is 5.88 Å². The summed E-state index contributed by atoms with van der Waals surface area (Å²) in [6.45, 7) is 5.09. The Bertz CT molecular complexity index is 1680. The van der Waals surface area contributed by atoms with Crippen molar-refractivity contribution in [2.75, 3.05) is 19.6 Å². The number of thiophene rings is 1. The Morgan fingerprint density at radius 3 is 2.92 bits per heavy atom. The topological polar surface area (TPSA) is 144 Å². The van der Waals surface area contributed by atoms with Gasteiger partial charge in [-0.3, -0.25) is 14.8 Å². The number of aromatic amines is 2. The molecule has 0 aromatic carbocycles. The molecular formula is C27H32N8O3S. The first-order valence-corrected chi connectivity index (χ1v) is 14.3. The molecule has 2 aliphatic rings. The lowest BCUT2D eigenvalue weighted by Gasteiger charge is -2.33. The molecule has 5 heterocycles. The molecule has 1 saturated heterocycles. The fourth-order valence-corrected chi connectivity index (χ4v) is 5.86. The van der Waals surface area contributed by atoms with E-state index in [2.05, 4.69) is 32.2 Å². The molecule has 1 aliphatic heterocycles. The quantitative estimate of drug-likeness (QED) is 0.247. The first-order valence-electron chi connectivity index (χ1n) is 13.5. The number of hydrogen-bond acceptors (Lipinski definition) is 8. The highest BCUT2D eigenvalue weighted by atomic mass is 32.1. The molecule has 4 aromatic rings. The third-order valence-corrected chi connectivity index (χ3v) is 8.41. The second-order valence-corrected chi connectivity index (χ2v) is 11.4. The molecule has 1 atom stereocenters.